The van der Waals surface area contributed by atoms with Crippen LogP contribution in [0.5, 0.6) is 0 Å². The van der Waals surface area contributed by atoms with Crippen LogP contribution in [0.25, 0.3) is 11.2 Å². The van der Waals surface area contributed by atoms with Crippen molar-refractivity contribution in [3.05, 3.63) is 29.7 Å². The van der Waals surface area contributed by atoms with Crippen molar-refractivity contribution in [2.75, 3.05) is 0 Å². The number of carbonyl (C=O) groups excluding carboxylic acids is 2. The van der Waals surface area contributed by atoms with Gasteiger partial charge in [-0.1, -0.05) is 0 Å². The first kappa shape index (κ1) is 9.39. The van der Waals surface area contributed by atoms with E-state index >= 15 is 0 Å². The highest BCUT2D eigenvalue weighted by Crippen LogP contribution is 2.09. The third kappa shape index (κ3) is 1.59. The standard InChI is InChI=1S/C10H7N3O2/c1-6-9(8(15)5-14)13-10-7(12-6)3-2-4-11-10/h2-5H,1H3. The molecular weight excluding hydrogens is 194 g/mol. The van der Waals surface area contributed by atoms with E-state index < -0.39 is 5.78 Å². The van der Waals surface area contributed by atoms with E-state index in [0.717, 1.165) is 0 Å². The van der Waals surface area contributed by atoms with Crippen LogP contribution in [-0.2, 0) is 4.79 Å². The Balaban J connectivity index is 2.72. The van der Waals surface area contributed by atoms with E-state index in [2.05, 4.69) is 15.0 Å². The van der Waals surface area contributed by atoms with Crippen molar-refractivity contribution in [3.63, 3.8) is 0 Å². The molecule has 2 heterocycles. The molecule has 0 fully saturated rings. The number of carbonyl (C=O) groups is 2. The first-order chi connectivity index (χ1) is 7.22. The fourth-order valence-electron chi connectivity index (χ4n) is 1.27. The molecule has 0 N–H and O–H groups in total. The van der Waals surface area contributed by atoms with Gasteiger partial charge in [0.15, 0.2) is 11.9 Å². The molecule has 0 atom stereocenters. The Labute approximate surface area is 85.2 Å². The van der Waals surface area contributed by atoms with Gasteiger partial charge in [-0.3, -0.25) is 9.59 Å². The van der Waals surface area contributed by atoms with Gasteiger partial charge in [-0.2, -0.15) is 0 Å². The van der Waals surface area contributed by atoms with E-state index in [1.165, 1.54) is 0 Å². The first-order valence-electron chi connectivity index (χ1n) is 4.31. The normalized spacial score (nSPS) is 10.2. The first-order valence-corrected chi connectivity index (χ1v) is 4.31. The maximum absolute atomic E-state index is 11.2. The van der Waals surface area contributed by atoms with Crippen molar-refractivity contribution >= 4 is 23.2 Å². The van der Waals surface area contributed by atoms with Crippen LogP contribution in [0.3, 0.4) is 0 Å². The van der Waals surface area contributed by atoms with Gasteiger partial charge in [0.2, 0.25) is 5.78 Å². The van der Waals surface area contributed by atoms with Crippen LogP contribution >= 0.6 is 0 Å². The molecule has 2 aromatic rings. The number of pyridine rings is 1. The molecule has 0 spiro atoms. The fourth-order valence-corrected chi connectivity index (χ4v) is 1.27. The Morgan fingerprint density at radius 1 is 1.40 bits per heavy atom. The Bertz CT molecular complexity index is 551. The third-order valence-corrected chi connectivity index (χ3v) is 1.96. The molecule has 5 nitrogen and oxygen atoms in total. The van der Waals surface area contributed by atoms with E-state index in [9.17, 15) is 9.59 Å². The molecule has 2 aromatic heterocycles. The average molecular weight is 201 g/mol. The van der Waals surface area contributed by atoms with Crippen LogP contribution in [0.2, 0.25) is 0 Å². The van der Waals surface area contributed by atoms with Crippen molar-refractivity contribution in [1.29, 1.82) is 0 Å². The van der Waals surface area contributed by atoms with Crippen LogP contribution in [0.4, 0.5) is 0 Å². The number of fused-ring (bicyclic) bond motifs is 1. The second-order valence-corrected chi connectivity index (χ2v) is 2.99. The predicted octanol–water partition coefficient (Wildman–Crippen LogP) is 0.715. The predicted molar refractivity (Wildman–Crippen MR) is 52.5 cm³/mol. The molecule has 0 saturated heterocycles. The van der Waals surface area contributed by atoms with Crippen LogP contribution in [0, 0.1) is 6.92 Å². The molecule has 0 amide bonds. The number of nitrogens with zero attached hydrogens (tertiary/aromatic N) is 3. The third-order valence-electron chi connectivity index (χ3n) is 1.96. The molecule has 0 aromatic carbocycles. The maximum atomic E-state index is 11.2. The Morgan fingerprint density at radius 2 is 2.20 bits per heavy atom. The fraction of sp³-hybridized carbons (Fsp3) is 0.100. The quantitative estimate of drug-likeness (QED) is 0.406. The van der Waals surface area contributed by atoms with Crippen molar-refractivity contribution in [2.24, 2.45) is 0 Å². The summed E-state index contributed by atoms with van der Waals surface area (Å²) in [5.41, 5.74) is 1.48. The van der Waals surface area contributed by atoms with Gasteiger partial charge < -0.3 is 0 Å². The minimum absolute atomic E-state index is 0.0659. The molecule has 0 bridgehead atoms. The van der Waals surface area contributed by atoms with Crippen LogP contribution in [-0.4, -0.2) is 27.0 Å². The maximum Gasteiger partial charge on any atom is 0.245 e. The Hall–Kier alpha value is -2.17. The van der Waals surface area contributed by atoms with E-state index in [1.807, 2.05) is 0 Å². The molecule has 0 aliphatic rings. The highest BCUT2D eigenvalue weighted by molar-refractivity contribution is 6.33. The monoisotopic (exact) mass is 201 g/mol. The zero-order chi connectivity index (χ0) is 10.8. The van der Waals surface area contributed by atoms with Crippen molar-refractivity contribution in [2.45, 2.75) is 6.92 Å². The number of aldehydes is 1. The summed E-state index contributed by atoms with van der Waals surface area (Å²) in [4.78, 5) is 33.6. The minimum atomic E-state index is -0.674. The molecule has 74 valence electrons. The largest absolute Gasteiger partial charge is 0.294 e. The molecule has 15 heavy (non-hydrogen) atoms. The lowest BCUT2D eigenvalue weighted by Crippen LogP contribution is -2.08. The SMILES string of the molecule is Cc1nc2cccnc2nc1C(=O)C=O. The Morgan fingerprint density at radius 3 is 2.93 bits per heavy atom. The molecule has 0 unspecified atom stereocenters. The van der Waals surface area contributed by atoms with Gasteiger partial charge in [0.05, 0.1) is 5.69 Å². The number of aromatic nitrogens is 3. The zero-order valence-corrected chi connectivity index (χ0v) is 7.97. The van der Waals surface area contributed by atoms with Gasteiger partial charge in [-0.25, -0.2) is 15.0 Å². The van der Waals surface area contributed by atoms with Crippen LogP contribution in [0.1, 0.15) is 16.2 Å². The lowest BCUT2D eigenvalue weighted by atomic mass is 10.2. The number of rotatable bonds is 2. The van der Waals surface area contributed by atoms with E-state index in [4.69, 9.17) is 0 Å². The summed E-state index contributed by atoms with van der Waals surface area (Å²) in [5, 5.41) is 0. The summed E-state index contributed by atoms with van der Waals surface area (Å²) < 4.78 is 0. The summed E-state index contributed by atoms with van der Waals surface area (Å²) in [7, 11) is 0. The van der Waals surface area contributed by atoms with E-state index in [1.54, 1.807) is 25.3 Å². The molecule has 5 heteroatoms. The molecule has 0 saturated carbocycles. The second kappa shape index (κ2) is 3.53. The summed E-state index contributed by atoms with van der Waals surface area (Å²) >= 11 is 0. The van der Waals surface area contributed by atoms with Crippen molar-refractivity contribution in [1.82, 2.24) is 15.0 Å². The average Bonchev–Trinajstić information content (AvgIpc) is 2.27. The van der Waals surface area contributed by atoms with Gasteiger partial charge >= 0.3 is 0 Å². The number of ketones is 1. The number of hydrogen-bond donors (Lipinski definition) is 0. The number of Topliss-reactive ketones (excluding diaryl/α,β-unsaturated/α-hetero) is 1. The van der Waals surface area contributed by atoms with Gasteiger partial charge in [-0.15, -0.1) is 0 Å². The lowest BCUT2D eigenvalue weighted by molar-refractivity contribution is -0.104. The van der Waals surface area contributed by atoms with Gasteiger partial charge in [0.1, 0.15) is 11.2 Å². The molecule has 0 radical (unpaired) electrons. The topological polar surface area (TPSA) is 72.8 Å². The second-order valence-electron chi connectivity index (χ2n) is 2.99. The molecule has 0 aliphatic carbocycles. The minimum Gasteiger partial charge on any atom is -0.294 e. The van der Waals surface area contributed by atoms with Crippen molar-refractivity contribution < 1.29 is 9.59 Å². The summed E-state index contributed by atoms with van der Waals surface area (Å²) in [5.74, 6) is -0.674. The summed E-state index contributed by atoms with van der Waals surface area (Å²) in [6.07, 6.45) is 1.79. The van der Waals surface area contributed by atoms with E-state index in [-0.39, 0.29) is 12.0 Å². The number of hydrogen-bond acceptors (Lipinski definition) is 5. The summed E-state index contributed by atoms with van der Waals surface area (Å²) in [6.45, 7) is 1.64. The van der Waals surface area contributed by atoms with E-state index in [0.29, 0.717) is 16.9 Å². The van der Waals surface area contributed by atoms with Crippen LogP contribution in [0.15, 0.2) is 18.3 Å². The highest BCUT2D eigenvalue weighted by Gasteiger charge is 2.12. The summed E-state index contributed by atoms with van der Waals surface area (Å²) in [6, 6.07) is 3.48. The smallest absolute Gasteiger partial charge is 0.245 e. The van der Waals surface area contributed by atoms with Crippen LogP contribution < -0.4 is 0 Å². The highest BCUT2D eigenvalue weighted by atomic mass is 16.2. The Kier molecular flexibility index (Phi) is 2.21. The van der Waals surface area contributed by atoms with Gasteiger partial charge in [0, 0.05) is 6.20 Å². The van der Waals surface area contributed by atoms with Gasteiger partial charge in [0.25, 0.3) is 0 Å². The zero-order valence-electron chi connectivity index (χ0n) is 7.97. The number of aryl methyl sites for hydroxylation is 1. The molecule has 0 aliphatic heterocycles. The molecule has 2 rings (SSSR count). The van der Waals surface area contributed by atoms with Crippen molar-refractivity contribution in [3.8, 4) is 0 Å². The molecular formula is C10H7N3O2. The van der Waals surface area contributed by atoms with Gasteiger partial charge in [-0.05, 0) is 19.1 Å². The lowest BCUT2D eigenvalue weighted by Gasteiger charge is -2.01.